The van der Waals surface area contributed by atoms with Crippen LogP contribution in [0, 0.1) is 0 Å². The van der Waals surface area contributed by atoms with Gasteiger partial charge in [-0.2, -0.15) is 0 Å². The Morgan fingerprint density at radius 3 is 2.33 bits per heavy atom. The molecular formula is C20H26Cl2N4O. The number of hydrogen-bond acceptors (Lipinski definition) is 3. The third-order valence-corrected chi connectivity index (χ3v) is 4.87. The molecule has 0 atom stereocenters. The number of carbonyl (C=O) groups is 1. The number of rotatable bonds is 6. The third-order valence-electron chi connectivity index (χ3n) is 4.87. The fourth-order valence-electron chi connectivity index (χ4n) is 2.80. The molecule has 3 N–H and O–H groups in total. The van der Waals surface area contributed by atoms with Gasteiger partial charge >= 0.3 is 0 Å². The molecule has 0 radical (unpaired) electrons. The van der Waals surface area contributed by atoms with Crippen molar-refractivity contribution in [2.24, 2.45) is 5.73 Å². The number of imidazole rings is 1. The Bertz CT molecular complexity index is 873. The van der Waals surface area contributed by atoms with Gasteiger partial charge in [-0.15, -0.1) is 24.8 Å². The van der Waals surface area contributed by atoms with E-state index in [0.717, 1.165) is 29.6 Å². The van der Waals surface area contributed by atoms with Crippen molar-refractivity contribution in [2.75, 3.05) is 6.54 Å². The first-order valence-electron chi connectivity index (χ1n) is 8.66. The summed E-state index contributed by atoms with van der Waals surface area (Å²) in [6.07, 6.45) is 3.46. The number of halogens is 2. The van der Waals surface area contributed by atoms with Gasteiger partial charge in [-0.25, -0.2) is 4.98 Å². The van der Waals surface area contributed by atoms with Crippen LogP contribution in [0.2, 0.25) is 0 Å². The smallest absolute Gasteiger partial charge is 0.251 e. The molecule has 0 aliphatic heterocycles. The summed E-state index contributed by atoms with van der Waals surface area (Å²) in [5.41, 5.74) is 9.48. The molecular weight excluding hydrogens is 383 g/mol. The third kappa shape index (κ3) is 5.01. The van der Waals surface area contributed by atoms with Crippen molar-refractivity contribution >= 4 is 41.8 Å². The average molecular weight is 409 g/mol. The second-order valence-electron chi connectivity index (χ2n) is 6.40. The van der Waals surface area contributed by atoms with E-state index in [1.54, 1.807) is 6.33 Å². The normalized spacial score (nSPS) is 10.8. The van der Waals surface area contributed by atoms with E-state index in [9.17, 15) is 4.79 Å². The number of nitrogens with zero attached hydrogens (tertiary/aromatic N) is 2. The fraction of sp³-hybridized carbons (Fsp3) is 0.300. The van der Waals surface area contributed by atoms with Crippen molar-refractivity contribution in [2.45, 2.75) is 32.2 Å². The average Bonchev–Trinajstić information content (AvgIpc) is 3.10. The highest BCUT2D eigenvalue weighted by Gasteiger charge is 2.21. The van der Waals surface area contributed by atoms with Crippen molar-refractivity contribution in [3.05, 3.63) is 60.4 Å². The van der Waals surface area contributed by atoms with Crippen LogP contribution in [0.15, 0.2) is 54.9 Å². The van der Waals surface area contributed by atoms with Gasteiger partial charge in [0.25, 0.3) is 5.91 Å². The maximum absolute atomic E-state index is 12.3. The van der Waals surface area contributed by atoms with Crippen LogP contribution in [0.4, 0.5) is 0 Å². The molecule has 0 saturated carbocycles. The molecule has 7 heteroatoms. The number of aromatic nitrogens is 2. The summed E-state index contributed by atoms with van der Waals surface area (Å²) in [6, 6.07) is 15.5. The number of fused-ring (bicyclic) bond motifs is 1. The van der Waals surface area contributed by atoms with Crippen LogP contribution in [0.25, 0.3) is 16.7 Å². The van der Waals surface area contributed by atoms with E-state index in [1.165, 1.54) is 0 Å². The van der Waals surface area contributed by atoms with Crippen LogP contribution in [-0.2, 0) is 0 Å². The molecule has 3 aromatic rings. The molecule has 5 nitrogen and oxygen atoms in total. The summed E-state index contributed by atoms with van der Waals surface area (Å²) < 4.78 is 2.01. The van der Waals surface area contributed by atoms with Gasteiger partial charge in [0.15, 0.2) is 0 Å². The van der Waals surface area contributed by atoms with Gasteiger partial charge in [0, 0.05) is 23.3 Å². The van der Waals surface area contributed by atoms with Gasteiger partial charge in [-0.3, -0.25) is 9.36 Å². The molecule has 2 aromatic carbocycles. The Hall–Kier alpha value is -2.08. The standard InChI is InChI=1S/C20H24N4O.2ClH/c1-3-20(21,4-2)13-22-19(25)15-9-11-16(12-10-15)24-14-23-17-7-5-6-8-18(17)24;;/h5-12,14H,3-4,13,21H2,1-2H3,(H,22,25);2*1H. The lowest BCUT2D eigenvalue weighted by atomic mass is 9.94. The predicted octanol–water partition coefficient (Wildman–Crippen LogP) is 4.12. The van der Waals surface area contributed by atoms with Gasteiger partial charge in [0.2, 0.25) is 0 Å². The van der Waals surface area contributed by atoms with E-state index in [2.05, 4.69) is 10.3 Å². The molecule has 0 aliphatic rings. The molecule has 0 fully saturated rings. The van der Waals surface area contributed by atoms with E-state index in [-0.39, 0.29) is 36.3 Å². The summed E-state index contributed by atoms with van der Waals surface area (Å²) in [7, 11) is 0. The van der Waals surface area contributed by atoms with Gasteiger partial charge in [0.1, 0.15) is 6.33 Å². The SMILES string of the molecule is CCC(N)(CC)CNC(=O)c1ccc(-n2cnc3ccccc32)cc1.Cl.Cl. The van der Waals surface area contributed by atoms with Crippen LogP contribution in [0.5, 0.6) is 0 Å². The molecule has 1 aromatic heterocycles. The lowest BCUT2D eigenvalue weighted by Crippen LogP contribution is -2.49. The first kappa shape index (κ1) is 23.0. The lowest BCUT2D eigenvalue weighted by molar-refractivity contribution is 0.0942. The van der Waals surface area contributed by atoms with Crippen LogP contribution in [0.1, 0.15) is 37.0 Å². The molecule has 146 valence electrons. The Balaban J connectivity index is 0.00000182. The van der Waals surface area contributed by atoms with E-state index in [4.69, 9.17) is 5.73 Å². The molecule has 1 amide bonds. The van der Waals surface area contributed by atoms with Gasteiger partial charge in [0.05, 0.1) is 11.0 Å². The summed E-state index contributed by atoms with van der Waals surface area (Å²) >= 11 is 0. The molecule has 1 heterocycles. The minimum absolute atomic E-state index is 0. The molecule has 0 unspecified atom stereocenters. The van der Waals surface area contributed by atoms with Crippen molar-refractivity contribution in [3.8, 4) is 5.69 Å². The lowest BCUT2D eigenvalue weighted by Gasteiger charge is -2.26. The Kier molecular flexibility index (Phi) is 8.28. The molecule has 0 spiro atoms. The maximum Gasteiger partial charge on any atom is 0.251 e. The van der Waals surface area contributed by atoms with E-state index >= 15 is 0 Å². The van der Waals surface area contributed by atoms with E-state index in [0.29, 0.717) is 12.1 Å². The van der Waals surface area contributed by atoms with Crippen molar-refractivity contribution < 1.29 is 4.79 Å². The van der Waals surface area contributed by atoms with Crippen molar-refractivity contribution in [3.63, 3.8) is 0 Å². The number of carbonyl (C=O) groups excluding carboxylic acids is 1. The summed E-state index contributed by atoms with van der Waals surface area (Å²) in [4.78, 5) is 16.7. The number of para-hydroxylation sites is 2. The Labute approximate surface area is 172 Å². The highest BCUT2D eigenvalue weighted by atomic mass is 35.5. The largest absolute Gasteiger partial charge is 0.350 e. The molecule has 0 saturated heterocycles. The van der Waals surface area contributed by atoms with E-state index < -0.39 is 0 Å². The fourth-order valence-corrected chi connectivity index (χ4v) is 2.80. The van der Waals surface area contributed by atoms with Gasteiger partial charge in [-0.05, 0) is 49.2 Å². The topological polar surface area (TPSA) is 72.9 Å². The van der Waals surface area contributed by atoms with Gasteiger partial charge < -0.3 is 11.1 Å². The molecule has 3 rings (SSSR count). The number of hydrogen-bond donors (Lipinski definition) is 2. The molecule has 27 heavy (non-hydrogen) atoms. The minimum Gasteiger partial charge on any atom is -0.350 e. The first-order chi connectivity index (χ1) is 12.1. The number of nitrogens with one attached hydrogen (secondary N) is 1. The highest BCUT2D eigenvalue weighted by molar-refractivity contribution is 5.94. The summed E-state index contributed by atoms with van der Waals surface area (Å²) in [6.45, 7) is 4.56. The quantitative estimate of drug-likeness (QED) is 0.644. The molecule has 0 bridgehead atoms. The van der Waals surface area contributed by atoms with Crippen molar-refractivity contribution in [1.29, 1.82) is 0 Å². The minimum atomic E-state index is -0.342. The highest BCUT2D eigenvalue weighted by Crippen LogP contribution is 2.18. The number of nitrogens with two attached hydrogens (primary N) is 1. The van der Waals surface area contributed by atoms with Crippen LogP contribution in [-0.4, -0.2) is 27.5 Å². The zero-order valence-corrected chi connectivity index (χ0v) is 17.1. The van der Waals surface area contributed by atoms with Crippen molar-refractivity contribution in [1.82, 2.24) is 14.9 Å². The number of benzene rings is 2. The first-order valence-corrected chi connectivity index (χ1v) is 8.66. The second-order valence-corrected chi connectivity index (χ2v) is 6.40. The van der Waals surface area contributed by atoms with Crippen LogP contribution >= 0.6 is 24.8 Å². The zero-order chi connectivity index (χ0) is 17.9. The van der Waals surface area contributed by atoms with Crippen LogP contribution < -0.4 is 11.1 Å². The summed E-state index contributed by atoms with van der Waals surface area (Å²) in [5.74, 6) is -0.0984. The molecule has 0 aliphatic carbocycles. The summed E-state index contributed by atoms with van der Waals surface area (Å²) in [5, 5.41) is 2.94. The van der Waals surface area contributed by atoms with E-state index in [1.807, 2.05) is 66.9 Å². The second kappa shape index (κ2) is 9.74. The Morgan fingerprint density at radius 2 is 1.70 bits per heavy atom. The Morgan fingerprint density at radius 1 is 1.07 bits per heavy atom. The predicted molar refractivity (Wildman–Crippen MR) is 115 cm³/mol. The monoisotopic (exact) mass is 408 g/mol. The van der Waals surface area contributed by atoms with Gasteiger partial charge in [-0.1, -0.05) is 26.0 Å². The maximum atomic E-state index is 12.3. The zero-order valence-electron chi connectivity index (χ0n) is 15.5. The van der Waals surface area contributed by atoms with Crippen LogP contribution in [0.3, 0.4) is 0 Å². The number of amides is 1.